The number of rotatable bonds is 5. The molecule has 1 aliphatic carbocycles. The Bertz CT molecular complexity index is 1210. The summed E-state index contributed by atoms with van der Waals surface area (Å²) in [6.07, 6.45) is 2.33. The average Bonchev–Trinajstić information content (AvgIpc) is 3.44. The van der Waals surface area contributed by atoms with Gasteiger partial charge in [-0.2, -0.15) is 5.26 Å². The van der Waals surface area contributed by atoms with Crippen molar-refractivity contribution >= 4 is 5.91 Å². The average molecular weight is 403 g/mol. The number of carbonyl (C=O) groups is 1. The van der Waals surface area contributed by atoms with Gasteiger partial charge in [0.1, 0.15) is 11.8 Å². The molecule has 1 aliphatic heterocycles. The molecule has 5 rings (SSSR count). The molecule has 1 saturated carbocycles. The van der Waals surface area contributed by atoms with Gasteiger partial charge in [0, 0.05) is 18.2 Å². The van der Waals surface area contributed by atoms with Gasteiger partial charge in [-0.05, 0) is 49.9 Å². The molecular weight excluding hydrogens is 385 g/mol. The molecule has 3 heterocycles. The van der Waals surface area contributed by atoms with Gasteiger partial charge in [0.05, 0.1) is 18.1 Å². The molecule has 0 spiro atoms. The van der Waals surface area contributed by atoms with Crippen LogP contribution in [0.5, 0.6) is 11.6 Å². The maximum Gasteiger partial charge on any atom is 0.291 e. The van der Waals surface area contributed by atoms with Crippen molar-refractivity contribution in [3.05, 3.63) is 59.4 Å². The quantitative estimate of drug-likeness (QED) is 0.646. The minimum Gasteiger partial charge on any atom is -0.436 e. The fourth-order valence-corrected chi connectivity index (χ4v) is 3.75. The molecule has 0 atom stereocenters. The van der Waals surface area contributed by atoms with Crippen LogP contribution in [0.15, 0.2) is 36.4 Å². The van der Waals surface area contributed by atoms with Gasteiger partial charge in [-0.15, -0.1) is 0 Å². The predicted octanol–water partition coefficient (Wildman–Crippen LogP) is 3.88. The lowest BCUT2D eigenvalue weighted by Gasteiger charge is -2.16. The molecule has 7 nitrogen and oxygen atoms in total. The van der Waals surface area contributed by atoms with Gasteiger partial charge in [-0.25, -0.2) is 14.4 Å². The van der Waals surface area contributed by atoms with Crippen molar-refractivity contribution in [1.29, 1.82) is 5.26 Å². The second-order valence-corrected chi connectivity index (χ2v) is 7.63. The number of halogens is 1. The van der Waals surface area contributed by atoms with Crippen LogP contribution in [0.1, 0.15) is 34.8 Å². The molecule has 1 fully saturated rings. The lowest BCUT2D eigenvalue weighted by molar-refractivity contribution is 0.0758. The van der Waals surface area contributed by atoms with Gasteiger partial charge >= 0.3 is 0 Å². The van der Waals surface area contributed by atoms with E-state index in [0.717, 1.165) is 25.1 Å². The summed E-state index contributed by atoms with van der Waals surface area (Å²) in [6.45, 7) is 3.00. The molecule has 2 aliphatic rings. The number of hydrogen-bond acceptors (Lipinski definition) is 5. The number of amides is 1. The van der Waals surface area contributed by atoms with E-state index in [1.165, 1.54) is 12.1 Å². The summed E-state index contributed by atoms with van der Waals surface area (Å²) in [5.41, 5.74) is 2.22. The molecule has 150 valence electrons. The first-order valence-corrected chi connectivity index (χ1v) is 9.75. The monoisotopic (exact) mass is 403 g/mol. The van der Waals surface area contributed by atoms with E-state index in [9.17, 15) is 9.18 Å². The predicted molar refractivity (Wildman–Crippen MR) is 105 cm³/mol. The van der Waals surface area contributed by atoms with Gasteiger partial charge in [0.2, 0.25) is 11.7 Å². The Kier molecular flexibility index (Phi) is 4.24. The molecule has 3 aromatic rings. The van der Waals surface area contributed by atoms with Crippen LogP contribution >= 0.6 is 0 Å². The van der Waals surface area contributed by atoms with E-state index >= 15 is 0 Å². The number of aryl methyl sites for hydroxylation is 1. The number of fused-ring (bicyclic) bond motifs is 1. The van der Waals surface area contributed by atoms with Gasteiger partial charge in [-0.3, -0.25) is 4.79 Å². The van der Waals surface area contributed by atoms with Crippen LogP contribution in [-0.4, -0.2) is 31.9 Å². The first kappa shape index (κ1) is 18.3. The van der Waals surface area contributed by atoms with Gasteiger partial charge in [0.15, 0.2) is 11.6 Å². The number of carbonyl (C=O) groups excluding carboxylic acids is 1. The zero-order chi connectivity index (χ0) is 20.8. The molecule has 0 bridgehead atoms. The van der Waals surface area contributed by atoms with Crippen LogP contribution in [0.2, 0.25) is 0 Å². The lowest BCUT2D eigenvalue weighted by atomic mass is 10.1. The summed E-state index contributed by atoms with van der Waals surface area (Å²) >= 11 is 0. The minimum absolute atomic E-state index is 0.00610. The van der Waals surface area contributed by atoms with Crippen LogP contribution in [0, 0.1) is 30.0 Å². The summed E-state index contributed by atoms with van der Waals surface area (Å²) in [5.74, 6) is 0.507. The van der Waals surface area contributed by atoms with Gasteiger partial charge in [-0.1, -0.05) is 6.07 Å². The normalized spacial score (nSPS) is 15.2. The lowest BCUT2D eigenvalue weighted by Crippen LogP contribution is -2.27. The van der Waals surface area contributed by atoms with Gasteiger partial charge in [0.25, 0.3) is 5.91 Å². The van der Waals surface area contributed by atoms with Crippen LogP contribution in [0.25, 0.3) is 11.3 Å². The highest BCUT2D eigenvalue weighted by Crippen LogP contribution is 2.35. The largest absolute Gasteiger partial charge is 0.436 e. The maximum absolute atomic E-state index is 14.8. The van der Waals surface area contributed by atoms with Crippen molar-refractivity contribution < 1.29 is 13.9 Å². The Morgan fingerprint density at radius 1 is 1.27 bits per heavy atom. The third kappa shape index (κ3) is 3.18. The van der Waals surface area contributed by atoms with E-state index in [1.54, 1.807) is 24.3 Å². The van der Waals surface area contributed by atoms with E-state index in [1.807, 2.05) is 22.5 Å². The van der Waals surface area contributed by atoms with Crippen molar-refractivity contribution in [1.82, 2.24) is 19.4 Å². The summed E-state index contributed by atoms with van der Waals surface area (Å²) in [5, 5.41) is 8.94. The highest BCUT2D eigenvalue weighted by Gasteiger charge is 2.36. The van der Waals surface area contributed by atoms with E-state index in [0.29, 0.717) is 29.7 Å². The van der Waals surface area contributed by atoms with E-state index in [2.05, 4.69) is 9.97 Å². The number of imidazole rings is 1. The first-order chi connectivity index (χ1) is 14.5. The molecule has 30 heavy (non-hydrogen) atoms. The standard InChI is InChI=1S/C22H18FN5O2/c1-13-20(28-12-27(11-14-5-6-14)22(29)21(28)25-13)15-7-8-18(17(23)9-15)30-19-4-2-3-16(10-24)26-19/h2-4,7-9,14H,5-6,11-12H2,1H3. The van der Waals surface area contributed by atoms with Gasteiger partial charge < -0.3 is 14.2 Å². The van der Waals surface area contributed by atoms with Crippen LogP contribution < -0.4 is 4.74 Å². The van der Waals surface area contributed by atoms with Crippen LogP contribution in [0.4, 0.5) is 4.39 Å². The highest BCUT2D eigenvalue weighted by atomic mass is 19.1. The summed E-state index contributed by atoms with van der Waals surface area (Å²) < 4.78 is 22.2. The smallest absolute Gasteiger partial charge is 0.291 e. The fourth-order valence-electron chi connectivity index (χ4n) is 3.75. The Morgan fingerprint density at radius 2 is 2.10 bits per heavy atom. The topological polar surface area (TPSA) is 84.0 Å². The number of hydrogen-bond donors (Lipinski definition) is 0. The molecule has 0 unspecified atom stereocenters. The van der Waals surface area contributed by atoms with Crippen molar-refractivity contribution in [3.63, 3.8) is 0 Å². The van der Waals surface area contributed by atoms with E-state index in [4.69, 9.17) is 10.00 Å². The summed E-state index contributed by atoms with van der Waals surface area (Å²) in [4.78, 5) is 22.9. The Labute approximate surface area is 172 Å². The zero-order valence-corrected chi connectivity index (χ0v) is 16.3. The van der Waals surface area contributed by atoms with Crippen molar-refractivity contribution in [2.75, 3.05) is 6.54 Å². The third-order valence-corrected chi connectivity index (χ3v) is 5.37. The van der Waals surface area contributed by atoms with E-state index < -0.39 is 5.82 Å². The SMILES string of the molecule is Cc1nc2n(c1-c1ccc(Oc3cccc(C#N)n3)c(F)c1)CN(CC1CC1)C2=O. The molecule has 1 aromatic carbocycles. The number of aromatic nitrogens is 3. The molecule has 0 N–H and O–H groups in total. The minimum atomic E-state index is -0.564. The zero-order valence-electron chi connectivity index (χ0n) is 16.3. The van der Waals surface area contributed by atoms with Crippen LogP contribution in [0.3, 0.4) is 0 Å². The summed E-state index contributed by atoms with van der Waals surface area (Å²) in [6, 6.07) is 11.3. The van der Waals surface area contributed by atoms with E-state index in [-0.39, 0.29) is 23.2 Å². The molecular formula is C22H18FN5O2. The molecule has 1 amide bonds. The number of nitriles is 1. The number of nitrogens with zero attached hydrogens (tertiary/aromatic N) is 5. The van der Waals surface area contributed by atoms with Crippen molar-refractivity contribution in [2.24, 2.45) is 5.92 Å². The van der Waals surface area contributed by atoms with Crippen molar-refractivity contribution in [2.45, 2.75) is 26.4 Å². The Hall–Kier alpha value is -3.73. The fraction of sp³-hybridized carbons (Fsp3) is 0.273. The third-order valence-electron chi connectivity index (χ3n) is 5.37. The molecule has 0 radical (unpaired) electrons. The number of benzene rings is 1. The first-order valence-electron chi connectivity index (χ1n) is 9.75. The maximum atomic E-state index is 14.8. The van der Waals surface area contributed by atoms with Crippen LogP contribution in [-0.2, 0) is 6.67 Å². The summed E-state index contributed by atoms with van der Waals surface area (Å²) in [7, 11) is 0. The number of ether oxygens (including phenoxy) is 1. The molecule has 8 heteroatoms. The second-order valence-electron chi connectivity index (χ2n) is 7.63. The molecule has 0 saturated heterocycles. The van der Waals surface area contributed by atoms with Crippen molar-refractivity contribution in [3.8, 4) is 29.0 Å². The Balaban J connectivity index is 1.43. The molecule has 2 aromatic heterocycles. The highest BCUT2D eigenvalue weighted by molar-refractivity contribution is 5.94. The number of pyridine rings is 1. The Morgan fingerprint density at radius 3 is 2.83 bits per heavy atom. The second kappa shape index (κ2) is 6.95.